The van der Waals surface area contributed by atoms with E-state index in [1.54, 1.807) is 17.4 Å². The maximum atomic E-state index is 12.7. The molecule has 1 aromatic rings. The van der Waals surface area contributed by atoms with Crippen LogP contribution in [0.15, 0.2) is 17.3 Å². The van der Waals surface area contributed by atoms with Crippen molar-refractivity contribution in [3.63, 3.8) is 0 Å². The van der Waals surface area contributed by atoms with Crippen molar-refractivity contribution in [2.24, 2.45) is 13.0 Å². The van der Waals surface area contributed by atoms with Gasteiger partial charge in [0, 0.05) is 26.2 Å². The number of aromatic nitrogens is 2. The molecule has 1 aliphatic heterocycles. The van der Waals surface area contributed by atoms with Crippen molar-refractivity contribution in [1.82, 2.24) is 19.4 Å². The van der Waals surface area contributed by atoms with Gasteiger partial charge in [0.2, 0.25) is 0 Å². The Kier molecular flexibility index (Phi) is 5.40. The fourth-order valence-electron chi connectivity index (χ4n) is 2.89. The summed E-state index contributed by atoms with van der Waals surface area (Å²) in [7, 11) is -1.76. The summed E-state index contributed by atoms with van der Waals surface area (Å²) < 4.78 is 28.4. The molecule has 0 bridgehead atoms. The highest BCUT2D eigenvalue weighted by molar-refractivity contribution is 7.89. The average Bonchev–Trinajstić information content (AvgIpc) is 2.91. The van der Waals surface area contributed by atoms with Gasteiger partial charge in [0.15, 0.2) is 5.03 Å². The van der Waals surface area contributed by atoms with Gasteiger partial charge < -0.3 is 5.32 Å². The Morgan fingerprint density at radius 2 is 2.29 bits per heavy atom. The highest BCUT2D eigenvalue weighted by atomic mass is 32.2. The second-order valence-electron chi connectivity index (χ2n) is 5.80. The summed E-state index contributed by atoms with van der Waals surface area (Å²) in [5, 5.41) is 7.73. The Hall–Kier alpha value is -0.920. The first-order valence-corrected chi connectivity index (χ1v) is 9.12. The fourth-order valence-corrected chi connectivity index (χ4v) is 4.52. The topological polar surface area (TPSA) is 67.2 Å². The van der Waals surface area contributed by atoms with E-state index >= 15 is 0 Å². The van der Waals surface area contributed by atoms with Crippen molar-refractivity contribution in [1.29, 1.82) is 0 Å². The molecule has 6 nitrogen and oxygen atoms in total. The first kappa shape index (κ1) is 16.5. The Bertz CT molecular complexity index is 555. The maximum Gasteiger partial charge on any atom is 0.260 e. The standard InChI is InChI=1S/C14H26N4O2S/c1-4-8-15-12(2)13-6-5-10-18(11-13)21(19,20)14-7-9-16-17(14)3/h7,9,12-13,15H,4-6,8,10-11H2,1-3H3. The van der Waals surface area contributed by atoms with Gasteiger partial charge in [-0.1, -0.05) is 6.92 Å². The van der Waals surface area contributed by atoms with Gasteiger partial charge in [0.05, 0.1) is 6.20 Å². The first-order chi connectivity index (χ1) is 9.96. The number of sulfonamides is 1. The molecule has 0 spiro atoms. The van der Waals surface area contributed by atoms with Gasteiger partial charge in [-0.05, 0) is 44.7 Å². The second kappa shape index (κ2) is 6.89. The van der Waals surface area contributed by atoms with Crippen LogP contribution in [0, 0.1) is 5.92 Å². The van der Waals surface area contributed by atoms with Crippen LogP contribution in [-0.2, 0) is 17.1 Å². The third-order valence-electron chi connectivity index (χ3n) is 4.22. The Morgan fingerprint density at radius 3 is 2.90 bits per heavy atom. The molecule has 1 fully saturated rings. The highest BCUT2D eigenvalue weighted by Gasteiger charge is 2.33. The molecule has 2 unspecified atom stereocenters. The summed E-state index contributed by atoms with van der Waals surface area (Å²) >= 11 is 0. The quantitative estimate of drug-likeness (QED) is 0.857. The van der Waals surface area contributed by atoms with E-state index in [1.807, 2.05) is 0 Å². The fraction of sp³-hybridized carbons (Fsp3) is 0.786. The summed E-state index contributed by atoms with van der Waals surface area (Å²) in [6, 6.07) is 1.91. The number of aryl methyl sites for hydroxylation is 1. The summed E-state index contributed by atoms with van der Waals surface area (Å²) in [4.78, 5) is 0. The number of rotatable bonds is 6. The summed E-state index contributed by atoms with van der Waals surface area (Å²) in [6.45, 7) is 6.46. The molecule has 0 aliphatic carbocycles. The molecule has 120 valence electrons. The smallest absolute Gasteiger partial charge is 0.260 e. The second-order valence-corrected chi connectivity index (χ2v) is 7.69. The van der Waals surface area contributed by atoms with E-state index in [0.717, 1.165) is 25.8 Å². The van der Waals surface area contributed by atoms with Gasteiger partial charge in [0.1, 0.15) is 0 Å². The van der Waals surface area contributed by atoms with Crippen LogP contribution in [0.1, 0.15) is 33.1 Å². The van der Waals surface area contributed by atoms with Crippen molar-refractivity contribution in [2.75, 3.05) is 19.6 Å². The van der Waals surface area contributed by atoms with E-state index < -0.39 is 10.0 Å². The van der Waals surface area contributed by atoms with E-state index in [4.69, 9.17) is 0 Å². The summed E-state index contributed by atoms with van der Waals surface area (Å²) in [6.07, 6.45) is 4.61. The van der Waals surface area contributed by atoms with Crippen LogP contribution in [-0.4, -0.2) is 48.2 Å². The lowest BCUT2D eigenvalue weighted by Gasteiger charge is -2.35. The van der Waals surface area contributed by atoms with E-state index in [9.17, 15) is 8.42 Å². The zero-order valence-electron chi connectivity index (χ0n) is 13.1. The molecular formula is C14H26N4O2S. The molecule has 21 heavy (non-hydrogen) atoms. The van der Waals surface area contributed by atoms with Crippen LogP contribution < -0.4 is 5.32 Å². The molecule has 0 saturated carbocycles. The van der Waals surface area contributed by atoms with Crippen molar-refractivity contribution in [3.8, 4) is 0 Å². The van der Waals surface area contributed by atoms with Crippen molar-refractivity contribution < 1.29 is 8.42 Å². The molecule has 1 aliphatic rings. The molecule has 2 atom stereocenters. The lowest BCUT2D eigenvalue weighted by atomic mass is 9.93. The zero-order chi connectivity index (χ0) is 15.5. The molecule has 1 N–H and O–H groups in total. The molecule has 2 rings (SSSR count). The van der Waals surface area contributed by atoms with E-state index in [1.165, 1.54) is 10.9 Å². The van der Waals surface area contributed by atoms with Gasteiger partial charge in [-0.25, -0.2) is 8.42 Å². The van der Waals surface area contributed by atoms with Crippen LogP contribution in [0.4, 0.5) is 0 Å². The predicted molar refractivity (Wildman–Crippen MR) is 82.4 cm³/mol. The Balaban J connectivity index is 2.09. The molecule has 1 saturated heterocycles. The SMILES string of the molecule is CCCNC(C)C1CCCN(S(=O)(=O)c2ccnn2C)C1. The minimum Gasteiger partial charge on any atom is -0.314 e. The van der Waals surface area contributed by atoms with Crippen molar-refractivity contribution in [3.05, 3.63) is 12.3 Å². The van der Waals surface area contributed by atoms with E-state index in [-0.39, 0.29) is 5.03 Å². The minimum atomic E-state index is -3.43. The van der Waals surface area contributed by atoms with E-state index in [0.29, 0.717) is 25.0 Å². The lowest BCUT2D eigenvalue weighted by molar-refractivity contribution is 0.223. The number of nitrogens with zero attached hydrogens (tertiary/aromatic N) is 3. The number of hydrogen-bond donors (Lipinski definition) is 1. The molecule has 0 amide bonds. The largest absolute Gasteiger partial charge is 0.314 e. The minimum absolute atomic E-state index is 0.275. The third-order valence-corrected chi connectivity index (χ3v) is 6.16. The summed E-state index contributed by atoms with van der Waals surface area (Å²) in [5.74, 6) is 0.369. The average molecular weight is 314 g/mol. The zero-order valence-corrected chi connectivity index (χ0v) is 13.9. The van der Waals surface area contributed by atoms with Gasteiger partial charge in [-0.15, -0.1) is 0 Å². The van der Waals surface area contributed by atoms with Crippen LogP contribution in [0.3, 0.4) is 0 Å². The number of hydrogen-bond acceptors (Lipinski definition) is 4. The third kappa shape index (κ3) is 3.64. The van der Waals surface area contributed by atoms with Crippen LogP contribution in [0.25, 0.3) is 0 Å². The molecule has 0 radical (unpaired) electrons. The van der Waals surface area contributed by atoms with Gasteiger partial charge in [-0.3, -0.25) is 4.68 Å². The lowest BCUT2D eigenvalue weighted by Crippen LogP contribution is -2.46. The van der Waals surface area contributed by atoms with Crippen molar-refractivity contribution >= 4 is 10.0 Å². The number of piperidine rings is 1. The van der Waals surface area contributed by atoms with Crippen molar-refractivity contribution in [2.45, 2.75) is 44.2 Å². The van der Waals surface area contributed by atoms with Crippen LogP contribution in [0.2, 0.25) is 0 Å². The molecule has 2 heterocycles. The molecule has 7 heteroatoms. The molecular weight excluding hydrogens is 288 g/mol. The number of nitrogens with one attached hydrogen (secondary N) is 1. The van der Waals surface area contributed by atoms with Crippen LogP contribution >= 0.6 is 0 Å². The predicted octanol–water partition coefficient (Wildman–Crippen LogP) is 1.21. The molecule has 1 aromatic heterocycles. The summed E-state index contributed by atoms with van der Waals surface area (Å²) in [5.41, 5.74) is 0. The first-order valence-electron chi connectivity index (χ1n) is 7.68. The van der Waals surface area contributed by atoms with E-state index in [2.05, 4.69) is 24.3 Å². The Labute approximate surface area is 127 Å². The van der Waals surface area contributed by atoms with Crippen LogP contribution in [0.5, 0.6) is 0 Å². The normalized spacial score (nSPS) is 22.3. The Morgan fingerprint density at radius 1 is 1.52 bits per heavy atom. The maximum absolute atomic E-state index is 12.7. The molecule has 0 aromatic carbocycles. The highest BCUT2D eigenvalue weighted by Crippen LogP contribution is 2.25. The van der Waals surface area contributed by atoms with Gasteiger partial charge >= 0.3 is 0 Å². The van der Waals surface area contributed by atoms with Gasteiger partial charge in [-0.2, -0.15) is 9.40 Å². The monoisotopic (exact) mass is 314 g/mol. The van der Waals surface area contributed by atoms with Gasteiger partial charge in [0.25, 0.3) is 10.0 Å².